The minimum atomic E-state index is -0.230. The predicted molar refractivity (Wildman–Crippen MR) is 219 cm³/mol. The van der Waals surface area contributed by atoms with E-state index in [4.69, 9.17) is 18.9 Å². The first kappa shape index (κ1) is 36.8. The SMILES string of the molecule is Cn1[c-]c(-c2[c-]c3c(cc2)Oc2cccc4c2B3c2[c-]c(-n3cccn3)ccc2O4)[c-]c1-c1[c-]c2c(cc1)Oc1cccc3c1B2c1[c-]c(-n2cccn2)ccc1O3.[Pt].[Pt]. The van der Waals surface area contributed by atoms with Crippen LogP contribution in [0.5, 0.6) is 46.0 Å². The van der Waals surface area contributed by atoms with Gasteiger partial charge in [-0.1, -0.05) is 12.1 Å². The molecule has 4 aliphatic rings. The number of nitrogens with zero attached hydrogens (tertiary/aromatic N) is 5. The van der Waals surface area contributed by atoms with Gasteiger partial charge in [-0.05, 0) is 54.8 Å². The second-order valence-electron chi connectivity index (χ2n) is 14.6. The Morgan fingerprint density at radius 2 is 0.900 bits per heavy atom. The van der Waals surface area contributed by atoms with E-state index in [0.717, 1.165) is 113 Å². The summed E-state index contributed by atoms with van der Waals surface area (Å²) in [5.74, 6) is 5.95. The number of rotatable bonds is 4. The summed E-state index contributed by atoms with van der Waals surface area (Å²) in [5.41, 5.74) is 10.4. The van der Waals surface area contributed by atoms with Gasteiger partial charge in [0.15, 0.2) is 0 Å². The van der Waals surface area contributed by atoms with Crippen molar-refractivity contribution >= 4 is 46.2 Å². The third kappa shape index (κ3) is 5.49. The fourth-order valence-electron chi connectivity index (χ4n) is 8.70. The van der Waals surface area contributed by atoms with Crippen molar-refractivity contribution < 1.29 is 61.1 Å². The zero-order valence-corrected chi connectivity index (χ0v) is 35.7. The van der Waals surface area contributed by atoms with Crippen LogP contribution in [0.2, 0.25) is 0 Å². The van der Waals surface area contributed by atoms with E-state index >= 15 is 0 Å². The zero-order valence-electron chi connectivity index (χ0n) is 31.2. The van der Waals surface area contributed by atoms with Gasteiger partial charge in [-0.15, -0.1) is 75.9 Å². The van der Waals surface area contributed by atoms with Crippen LogP contribution in [0.25, 0.3) is 33.8 Å². The van der Waals surface area contributed by atoms with Crippen LogP contribution < -0.4 is 51.7 Å². The van der Waals surface area contributed by atoms with Gasteiger partial charge in [0.05, 0.1) is 0 Å². The largest absolute Gasteiger partial charge is 0.518 e. The van der Waals surface area contributed by atoms with Gasteiger partial charge in [-0.25, -0.2) is 18.3 Å². The van der Waals surface area contributed by atoms with Crippen LogP contribution in [0.15, 0.2) is 122 Å². The van der Waals surface area contributed by atoms with Crippen molar-refractivity contribution in [3.8, 4) is 79.8 Å². The molecule has 4 aliphatic heterocycles. The second kappa shape index (κ2) is 13.9. The van der Waals surface area contributed by atoms with Crippen LogP contribution in [-0.4, -0.2) is 37.6 Å². The minimum absolute atomic E-state index is 0. The second-order valence-corrected chi connectivity index (χ2v) is 14.6. The molecule has 9 nitrogen and oxygen atoms in total. The van der Waals surface area contributed by atoms with Crippen molar-refractivity contribution in [2.45, 2.75) is 0 Å². The summed E-state index contributed by atoms with van der Waals surface area (Å²) in [4.78, 5) is 0. The van der Waals surface area contributed by atoms with Gasteiger partial charge in [0.2, 0.25) is 13.4 Å². The Morgan fingerprint density at radius 3 is 1.37 bits per heavy atom. The summed E-state index contributed by atoms with van der Waals surface area (Å²) in [6.07, 6.45) is 10.9. The quantitative estimate of drug-likeness (QED) is 0.183. The smallest absolute Gasteiger partial charge is 0.214 e. The Kier molecular flexibility index (Phi) is 8.52. The topological polar surface area (TPSA) is 77.5 Å². The third-order valence-electron chi connectivity index (χ3n) is 11.3. The molecular weight excluding hydrogens is 1110 g/mol. The molecule has 0 radical (unpaired) electrons. The molecule has 60 heavy (non-hydrogen) atoms. The number of hydrogen-bond donors (Lipinski definition) is 0. The number of aromatic nitrogens is 5. The van der Waals surface area contributed by atoms with Crippen molar-refractivity contribution in [3.05, 3.63) is 158 Å². The van der Waals surface area contributed by atoms with Crippen molar-refractivity contribution in [1.29, 1.82) is 0 Å². The monoisotopic (exact) mass is 1130 g/mol. The standard InChI is InChI=1S/C47H23B2N5O4.2Pt/c1-52-27-30(28-10-14-38-33(22-28)48-35-25-31(53-20-4-18-50-53)12-16-40(35)57-44-8-2-6-42(55-38)46(44)48)24-37(52)29-11-15-39-34(23-29)49-36-26-32(54-21-5-19-51-54)13-17-41(36)58-45-9-3-7-43(56-39)47(45)49;;/h2-21H,1H3;;/q-6;;. The van der Waals surface area contributed by atoms with Crippen LogP contribution in [-0.2, 0) is 49.2 Å². The Bertz CT molecular complexity index is 3160. The number of hydrogen-bond acceptors (Lipinski definition) is 6. The molecule has 0 saturated heterocycles. The van der Waals surface area contributed by atoms with Gasteiger partial charge in [-0.2, -0.15) is 28.0 Å². The Labute approximate surface area is 374 Å². The van der Waals surface area contributed by atoms with Crippen molar-refractivity contribution in [1.82, 2.24) is 24.1 Å². The molecule has 0 atom stereocenters. The van der Waals surface area contributed by atoms with E-state index in [0.29, 0.717) is 0 Å². The van der Waals surface area contributed by atoms with E-state index < -0.39 is 0 Å². The van der Waals surface area contributed by atoms with Crippen LogP contribution in [0.1, 0.15) is 0 Å². The summed E-state index contributed by atoms with van der Waals surface area (Å²) in [7, 11) is 1.98. The van der Waals surface area contributed by atoms with E-state index in [-0.39, 0.29) is 55.6 Å². The molecule has 0 unspecified atom stereocenters. The number of ether oxygens (including phenoxy) is 4. The van der Waals surface area contributed by atoms with E-state index in [1.807, 2.05) is 121 Å². The maximum absolute atomic E-state index is 6.50. The number of aryl methyl sites for hydroxylation is 1. The van der Waals surface area contributed by atoms with Crippen LogP contribution >= 0.6 is 0 Å². The van der Waals surface area contributed by atoms with E-state index in [1.165, 1.54) is 0 Å². The predicted octanol–water partition coefficient (Wildman–Crippen LogP) is 4.98. The third-order valence-corrected chi connectivity index (χ3v) is 11.3. The molecule has 292 valence electrons. The number of fused-ring (bicyclic) bond motifs is 8. The molecule has 13 heteroatoms. The molecule has 7 heterocycles. The fourth-order valence-corrected chi connectivity index (χ4v) is 8.70. The Hall–Kier alpha value is -6.27. The minimum Gasteiger partial charge on any atom is -0.518 e. The summed E-state index contributed by atoms with van der Waals surface area (Å²) in [6, 6.07) is 50.0. The molecule has 0 bridgehead atoms. The van der Waals surface area contributed by atoms with Gasteiger partial charge in [0.25, 0.3) is 0 Å². The summed E-state index contributed by atoms with van der Waals surface area (Å²) >= 11 is 0. The molecule has 3 aromatic heterocycles. The van der Waals surface area contributed by atoms with Gasteiger partial charge in [-0.3, -0.25) is 9.36 Å². The van der Waals surface area contributed by atoms with Crippen LogP contribution in [0.3, 0.4) is 0 Å². The van der Waals surface area contributed by atoms with Gasteiger partial charge >= 0.3 is 0 Å². The molecule has 0 N–H and O–H groups in total. The first-order valence-corrected chi connectivity index (χ1v) is 18.9. The van der Waals surface area contributed by atoms with Crippen molar-refractivity contribution in [2.75, 3.05) is 0 Å². The normalized spacial score (nSPS) is 12.9. The Morgan fingerprint density at radius 1 is 0.467 bits per heavy atom. The van der Waals surface area contributed by atoms with Gasteiger partial charge < -0.3 is 40.7 Å². The van der Waals surface area contributed by atoms with Crippen LogP contribution in [0.4, 0.5) is 0 Å². The molecular formula is C47H23B2N5O4Pt2-6. The summed E-state index contributed by atoms with van der Waals surface area (Å²) < 4.78 is 31.4. The molecule has 9 aromatic rings. The molecule has 0 aliphatic carbocycles. The van der Waals surface area contributed by atoms with E-state index in [2.05, 4.69) is 46.7 Å². The first-order chi connectivity index (χ1) is 28.6. The maximum atomic E-state index is 6.50. The molecule has 0 amide bonds. The molecule has 0 spiro atoms. The molecule has 13 rings (SSSR count). The summed E-state index contributed by atoms with van der Waals surface area (Å²) in [5, 5.41) is 8.90. The van der Waals surface area contributed by atoms with Crippen molar-refractivity contribution in [3.63, 3.8) is 0 Å². The van der Waals surface area contributed by atoms with E-state index in [9.17, 15) is 0 Å². The number of benzene rings is 6. The first-order valence-electron chi connectivity index (χ1n) is 18.9. The van der Waals surface area contributed by atoms with Crippen LogP contribution in [0, 0.1) is 36.5 Å². The van der Waals surface area contributed by atoms with Gasteiger partial charge in [0.1, 0.15) is 23.0 Å². The fraction of sp³-hybridized carbons (Fsp3) is 0.0213. The molecule has 0 fully saturated rings. The van der Waals surface area contributed by atoms with E-state index in [1.54, 1.807) is 21.8 Å². The molecule has 6 aromatic carbocycles. The van der Waals surface area contributed by atoms with Crippen molar-refractivity contribution in [2.24, 2.45) is 7.05 Å². The average molecular weight is 1130 g/mol. The zero-order chi connectivity index (χ0) is 38.1. The molecule has 0 saturated carbocycles. The van der Waals surface area contributed by atoms with Gasteiger partial charge in [0, 0.05) is 101 Å². The Balaban J connectivity index is 0.00000204. The summed E-state index contributed by atoms with van der Waals surface area (Å²) in [6.45, 7) is -0.459. The average Bonchev–Trinajstić information content (AvgIpc) is 4.07. The maximum Gasteiger partial charge on any atom is 0.214 e.